The molecule has 0 fully saturated rings. The number of rotatable bonds is 0. The number of benzene rings is 16. The molecule has 688 valence electrons. The Balaban J connectivity index is 0.000000108. The maximum atomic E-state index is 2.37. The highest BCUT2D eigenvalue weighted by Crippen LogP contribution is 2.51. The predicted octanol–water partition coefficient (Wildman–Crippen LogP) is 35.9. The van der Waals surface area contributed by atoms with Gasteiger partial charge >= 0.3 is 0 Å². The number of fused-ring (bicyclic) bond motifs is 24. The van der Waals surface area contributed by atoms with E-state index >= 15 is 0 Å². The standard InChI is InChI=1S/8C17H18/c1-10-5-7-14-9-15-8-6-11(2)13(4)17(15)16(14)12(10)3;1-10-7-12(3)16-15(8-10)9-14-6-5-11(2)13(4)17(14)16;1-10-5-6-16-14(7-10)9-15-8-11(2)12(3)13(4)17(15)16;1-10-5-6-14-9-15-8-11(2)12(3)13(4)17(15)16(14)7-10;1-10-7-8-14-9-15-11(2)5-6-12(3)16(15)17(14)13(10)4;1-10-6-5-7-15-16(10)9-14-8-11(2)12(3)13(4)17(14)15;1-10-6-5-7-14-9-15-8-11(2)12(3)13(4)17(15)16(10)14;1-10-6-5-7-14-15(10)9-16-12(3)8-11(2)13(4)17(14)16/h8*5-8H,9H2,1-4H3. The summed E-state index contributed by atoms with van der Waals surface area (Å²) >= 11 is 0. The summed E-state index contributed by atoms with van der Waals surface area (Å²) in [6, 6.07) is 72.9. The lowest BCUT2D eigenvalue weighted by atomic mass is 9.92. The molecule has 8 aliphatic carbocycles. The molecular formula is C136H144. The van der Waals surface area contributed by atoms with Crippen molar-refractivity contribution in [2.24, 2.45) is 0 Å². The fourth-order valence-electron chi connectivity index (χ4n) is 24.2. The zero-order chi connectivity index (χ0) is 97.2. The third kappa shape index (κ3) is 17.2. The van der Waals surface area contributed by atoms with E-state index in [0.717, 1.165) is 51.4 Å². The van der Waals surface area contributed by atoms with Gasteiger partial charge in [0.1, 0.15) is 0 Å². The minimum absolute atomic E-state index is 1.10. The van der Waals surface area contributed by atoms with Gasteiger partial charge in [-0.2, -0.15) is 0 Å². The van der Waals surface area contributed by atoms with Crippen LogP contribution in [0.4, 0.5) is 0 Å². The van der Waals surface area contributed by atoms with Crippen LogP contribution < -0.4 is 0 Å². The second kappa shape index (κ2) is 37.5. The third-order valence-corrected chi connectivity index (χ3v) is 33.5. The van der Waals surface area contributed by atoms with E-state index in [1.807, 2.05) is 0 Å². The molecule has 24 rings (SSSR count). The highest BCUT2D eigenvalue weighted by molar-refractivity contribution is 5.90. The zero-order valence-corrected chi connectivity index (χ0v) is 88.1. The van der Waals surface area contributed by atoms with Crippen molar-refractivity contribution in [1.29, 1.82) is 0 Å². The Morgan fingerprint density at radius 3 is 0.949 bits per heavy atom. The Morgan fingerprint density at radius 2 is 0.419 bits per heavy atom. The second-order valence-electron chi connectivity index (χ2n) is 42.3. The van der Waals surface area contributed by atoms with Gasteiger partial charge in [0.05, 0.1) is 0 Å². The fourth-order valence-corrected chi connectivity index (χ4v) is 24.2. The monoisotopic (exact) mass is 1780 g/mol. The maximum absolute atomic E-state index is 2.37. The summed E-state index contributed by atoms with van der Waals surface area (Å²) < 4.78 is 0. The van der Waals surface area contributed by atoms with Gasteiger partial charge in [-0.1, -0.05) is 211 Å². The molecule has 16 aromatic carbocycles. The Bertz CT molecular complexity index is 7560. The van der Waals surface area contributed by atoms with Gasteiger partial charge in [0.2, 0.25) is 0 Å². The predicted molar refractivity (Wildman–Crippen MR) is 589 cm³/mol. The van der Waals surface area contributed by atoms with E-state index in [-0.39, 0.29) is 0 Å². The van der Waals surface area contributed by atoms with Gasteiger partial charge in [-0.15, -0.1) is 0 Å². The summed E-state index contributed by atoms with van der Waals surface area (Å²) in [5.74, 6) is 0. The summed E-state index contributed by atoms with van der Waals surface area (Å²) in [5.41, 5.74) is 93.6. The molecule has 0 radical (unpaired) electrons. The van der Waals surface area contributed by atoms with E-state index in [9.17, 15) is 0 Å². The molecule has 0 spiro atoms. The van der Waals surface area contributed by atoms with Gasteiger partial charge in [-0.25, -0.2) is 0 Å². The smallest absolute Gasteiger partial charge is 0.000809 e. The molecule has 0 bridgehead atoms. The third-order valence-electron chi connectivity index (χ3n) is 33.5. The van der Waals surface area contributed by atoms with Crippen molar-refractivity contribution < 1.29 is 0 Å². The first-order valence-corrected chi connectivity index (χ1v) is 50.2. The zero-order valence-electron chi connectivity index (χ0n) is 88.1. The van der Waals surface area contributed by atoms with Crippen molar-refractivity contribution in [1.82, 2.24) is 0 Å². The average Bonchev–Trinajstić information content (AvgIpc) is 1.59. The van der Waals surface area contributed by atoms with Crippen molar-refractivity contribution in [2.45, 2.75) is 273 Å². The number of hydrogen-bond donors (Lipinski definition) is 0. The molecule has 16 aromatic rings. The largest absolute Gasteiger partial charge is 0.0617 e. The van der Waals surface area contributed by atoms with Crippen LogP contribution in [0.1, 0.15) is 267 Å². The van der Waals surface area contributed by atoms with E-state index in [1.54, 1.807) is 0 Å². The molecule has 0 heteroatoms. The quantitative estimate of drug-likeness (QED) is 0.142. The van der Waals surface area contributed by atoms with Crippen LogP contribution >= 0.6 is 0 Å². The Morgan fingerprint density at radius 1 is 0.118 bits per heavy atom. The number of hydrogen-bond acceptors (Lipinski definition) is 0. The van der Waals surface area contributed by atoms with E-state index in [4.69, 9.17) is 0 Å². The van der Waals surface area contributed by atoms with Crippen molar-refractivity contribution in [3.63, 3.8) is 0 Å². The summed E-state index contributed by atoms with van der Waals surface area (Å²) in [6.07, 6.45) is 8.86. The van der Waals surface area contributed by atoms with E-state index in [1.165, 1.54) is 356 Å². The van der Waals surface area contributed by atoms with Crippen LogP contribution in [0.15, 0.2) is 194 Å². The maximum Gasteiger partial charge on any atom is -0.000809 e. The lowest BCUT2D eigenvalue weighted by molar-refractivity contribution is 1.17. The Kier molecular flexibility index (Phi) is 26.3. The average molecular weight is 1780 g/mol. The molecule has 0 saturated heterocycles. The Hall–Kier alpha value is -12.5. The van der Waals surface area contributed by atoms with Crippen LogP contribution in [0.5, 0.6) is 0 Å². The van der Waals surface area contributed by atoms with E-state index in [2.05, 4.69) is 416 Å². The molecular weight excluding hydrogens is 1630 g/mol. The summed E-state index contributed by atoms with van der Waals surface area (Å²) in [4.78, 5) is 0. The van der Waals surface area contributed by atoms with Gasteiger partial charge in [0.25, 0.3) is 0 Å². The lowest BCUT2D eigenvalue weighted by Crippen LogP contribution is -1.93. The van der Waals surface area contributed by atoms with Crippen molar-refractivity contribution in [3.05, 3.63) is 461 Å². The van der Waals surface area contributed by atoms with Crippen molar-refractivity contribution in [2.75, 3.05) is 0 Å². The molecule has 0 atom stereocenters. The molecule has 0 heterocycles. The highest BCUT2D eigenvalue weighted by Gasteiger charge is 2.32. The first-order chi connectivity index (χ1) is 64.7. The van der Waals surface area contributed by atoms with E-state index in [0.29, 0.717) is 0 Å². The normalized spacial score (nSPS) is 12.5. The van der Waals surface area contributed by atoms with Crippen LogP contribution in [-0.4, -0.2) is 0 Å². The first kappa shape index (κ1) is 95.3. The molecule has 0 nitrogen and oxygen atoms in total. The summed E-state index contributed by atoms with van der Waals surface area (Å²) in [6.45, 7) is 71.3. The van der Waals surface area contributed by atoms with Gasteiger partial charge in [0.15, 0.2) is 0 Å². The molecule has 0 unspecified atom stereocenters. The van der Waals surface area contributed by atoms with Crippen molar-refractivity contribution in [3.8, 4) is 89.0 Å². The van der Waals surface area contributed by atoms with Crippen LogP contribution in [-0.2, 0) is 51.4 Å². The minimum Gasteiger partial charge on any atom is -0.0617 e. The molecule has 0 aliphatic heterocycles. The van der Waals surface area contributed by atoms with Gasteiger partial charge < -0.3 is 0 Å². The topological polar surface area (TPSA) is 0 Å². The molecule has 136 heavy (non-hydrogen) atoms. The Labute approximate surface area is 817 Å². The molecule has 0 saturated carbocycles. The fraction of sp³-hybridized carbons (Fsp3) is 0.294. The van der Waals surface area contributed by atoms with Gasteiger partial charge in [-0.05, 0) is 612 Å². The molecule has 8 aliphatic rings. The van der Waals surface area contributed by atoms with Crippen LogP contribution in [0, 0.1) is 222 Å². The van der Waals surface area contributed by atoms with Crippen molar-refractivity contribution >= 4 is 0 Å². The van der Waals surface area contributed by atoms with Crippen LogP contribution in [0.2, 0.25) is 0 Å². The first-order valence-electron chi connectivity index (χ1n) is 50.2. The molecule has 0 aromatic heterocycles. The summed E-state index contributed by atoms with van der Waals surface area (Å²) in [7, 11) is 0. The van der Waals surface area contributed by atoms with Crippen LogP contribution in [0.3, 0.4) is 0 Å². The SMILES string of the molecule is Cc1cc(C)c2c(c1)Cc1ccc(C)c(C)c1-2.Cc1cc(C)c2c(c1C)-c1cccc(C)c1C2.Cc1cc2c(c(C)c1C)-c1c(C)cccc1C2.Cc1cc2c(c(C)c1C)-c1cccc(C)c1C2.Cc1ccc2c(c1)-c1c(cc(C)c(C)c1C)C2.Cc1ccc2c(c1)Cc1cc(C)c(C)c(C)c1-2.Cc1ccc2c(c1C)-c1c(C)ccc(C)c1C2.Cc1ccc2c(c1C)-c1c(ccc(C)c1C)C2. The minimum atomic E-state index is 1.10. The second-order valence-corrected chi connectivity index (χ2v) is 42.3. The van der Waals surface area contributed by atoms with Gasteiger partial charge in [0, 0.05) is 0 Å². The van der Waals surface area contributed by atoms with E-state index < -0.39 is 0 Å². The molecule has 0 N–H and O–H groups in total. The summed E-state index contributed by atoms with van der Waals surface area (Å²) in [5, 5.41) is 0. The van der Waals surface area contributed by atoms with Crippen LogP contribution in [0.25, 0.3) is 89.0 Å². The lowest BCUT2D eigenvalue weighted by Gasteiger charge is -2.13. The number of aryl methyl sites for hydroxylation is 19. The molecule has 0 amide bonds. The van der Waals surface area contributed by atoms with Gasteiger partial charge in [-0.3, -0.25) is 0 Å². The highest BCUT2D eigenvalue weighted by atomic mass is 14.4.